The average molecular weight is 445 g/mol. The molecule has 1 atom stereocenters. The maximum Gasteiger partial charge on any atom is 0.494 e. The van der Waals surface area contributed by atoms with E-state index in [-0.39, 0.29) is 6.42 Å². The summed E-state index contributed by atoms with van der Waals surface area (Å²) in [5, 5.41) is 3.58. The number of nitrogens with two attached hydrogens (primary N) is 1. The zero-order valence-electron chi connectivity index (χ0n) is 19.3. The molecule has 0 saturated carbocycles. The van der Waals surface area contributed by atoms with Crippen LogP contribution in [0.4, 0.5) is 0 Å². The first-order valence-electron chi connectivity index (χ1n) is 11.0. The quantitative estimate of drug-likeness (QED) is 0.567. The van der Waals surface area contributed by atoms with Crippen molar-refractivity contribution in [2.75, 3.05) is 0 Å². The third-order valence-corrected chi connectivity index (χ3v) is 6.45. The number of hydrogen-bond donors (Lipinski definition) is 2. The lowest BCUT2D eigenvalue weighted by molar-refractivity contribution is -0.119. The SMILES string of the molecule is CC1(C)OB(c2ccc(C[C@@H](NC(=O)c3cnc4ccccc4c3)C(N)=O)cc2)OC1(C)C. The van der Waals surface area contributed by atoms with E-state index in [1.807, 2.05) is 76.2 Å². The van der Waals surface area contributed by atoms with Crippen molar-refractivity contribution < 1.29 is 18.9 Å². The fraction of sp³-hybridized carbons (Fsp3) is 0.320. The Morgan fingerprint density at radius 2 is 1.67 bits per heavy atom. The second-order valence-corrected chi connectivity index (χ2v) is 9.38. The molecule has 4 rings (SSSR count). The molecule has 1 aliphatic heterocycles. The Balaban J connectivity index is 1.44. The summed E-state index contributed by atoms with van der Waals surface area (Å²) in [6.07, 6.45) is 1.76. The molecule has 1 aromatic heterocycles. The Kier molecular flexibility index (Phi) is 5.99. The predicted molar refractivity (Wildman–Crippen MR) is 128 cm³/mol. The number of primary amides is 1. The van der Waals surface area contributed by atoms with Gasteiger partial charge in [-0.3, -0.25) is 14.6 Å². The monoisotopic (exact) mass is 445 g/mol. The van der Waals surface area contributed by atoms with Crippen LogP contribution in [0.15, 0.2) is 60.8 Å². The Morgan fingerprint density at radius 3 is 2.30 bits per heavy atom. The van der Waals surface area contributed by atoms with E-state index in [4.69, 9.17) is 15.0 Å². The molecule has 0 aliphatic carbocycles. The maximum atomic E-state index is 12.8. The zero-order chi connectivity index (χ0) is 23.8. The van der Waals surface area contributed by atoms with Crippen LogP contribution in [-0.4, -0.2) is 41.2 Å². The van der Waals surface area contributed by atoms with Crippen LogP contribution in [0.25, 0.3) is 10.9 Å². The van der Waals surface area contributed by atoms with E-state index < -0.39 is 36.2 Å². The number of nitrogens with zero attached hydrogens (tertiary/aromatic N) is 1. The van der Waals surface area contributed by atoms with Crippen LogP contribution < -0.4 is 16.5 Å². The van der Waals surface area contributed by atoms with Crippen LogP contribution in [0.5, 0.6) is 0 Å². The molecular formula is C25H28BN3O4. The zero-order valence-corrected chi connectivity index (χ0v) is 19.3. The normalized spacial score (nSPS) is 17.6. The number of benzene rings is 2. The molecule has 2 amide bonds. The van der Waals surface area contributed by atoms with Gasteiger partial charge in [0.15, 0.2) is 0 Å². The van der Waals surface area contributed by atoms with Crippen LogP contribution in [0, 0.1) is 0 Å². The van der Waals surface area contributed by atoms with Crippen LogP contribution in [0.3, 0.4) is 0 Å². The number of pyridine rings is 1. The van der Waals surface area contributed by atoms with E-state index in [1.165, 1.54) is 6.20 Å². The Hall–Kier alpha value is -3.23. The Bertz CT molecular complexity index is 1180. The first kappa shape index (κ1) is 23.0. The van der Waals surface area contributed by atoms with Crippen molar-refractivity contribution in [3.63, 3.8) is 0 Å². The van der Waals surface area contributed by atoms with Gasteiger partial charge >= 0.3 is 7.12 Å². The van der Waals surface area contributed by atoms with E-state index in [1.54, 1.807) is 6.07 Å². The minimum atomic E-state index is -0.855. The number of carbonyl (C=O) groups excluding carboxylic acids is 2. The molecule has 0 radical (unpaired) electrons. The summed E-state index contributed by atoms with van der Waals surface area (Å²) in [5.41, 5.74) is 7.65. The number of para-hydroxylation sites is 1. The van der Waals surface area contributed by atoms with Crippen molar-refractivity contribution in [2.45, 2.75) is 51.4 Å². The summed E-state index contributed by atoms with van der Waals surface area (Å²) in [6, 6.07) is 16.0. The highest BCUT2D eigenvalue weighted by atomic mass is 16.7. The highest BCUT2D eigenvalue weighted by molar-refractivity contribution is 6.62. The summed E-state index contributed by atoms with van der Waals surface area (Å²) in [4.78, 5) is 29.1. The summed E-state index contributed by atoms with van der Waals surface area (Å²) in [6.45, 7) is 8.03. The second-order valence-electron chi connectivity index (χ2n) is 9.38. The Morgan fingerprint density at radius 1 is 1.03 bits per heavy atom. The number of rotatable bonds is 6. The van der Waals surface area contributed by atoms with Crippen LogP contribution in [0.2, 0.25) is 0 Å². The van der Waals surface area contributed by atoms with Gasteiger partial charge in [-0.05, 0) is 50.9 Å². The standard InChI is InChI=1S/C25H28BN3O4/c1-24(2)25(3,4)33-26(32-24)19-11-9-16(10-12-19)13-21(22(27)30)29-23(31)18-14-17-7-5-6-8-20(17)28-15-18/h5-12,14-15,21H,13H2,1-4H3,(H2,27,30)(H,29,31)/t21-/m1/s1. The fourth-order valence-electron chi connectivity index (χ4n) is 3.69. The average Bonchev–Trinajstić information content (AvgIpc) is 3.00. The summed E-state index contributed by atoms with van der Waals surface area (Å²) < 4.78 is 12.2. The van der Waals surface area contributed by atoms with E-state index in [9.17, 15) is 9.59 Å². The summed E-state index contributed by atoms with van der Waals surface area (Å²) >= 11 is 0. The van der Waals surface area contributed by atoms with E-state index >= 15 is 0 Å². The summed E-state index contributed by atoms with van der Waals surface area (Å²) in [7, 11) is -0.462. The minimum absolute atomic E-state index is 0.270. The van der Waals surface area contributed by atoms with Crippen molar-refractivity contribution in [2.24, 2.45) is 5.73 Å². The molecule has 170 valence electrons. The predicted octanol–water partition coefficient (Wildman–Crippen LogP) is 2.36. The van der Waals surface area contributed by atoms with Gasteiger partial charge in [-0.2, -0.15) is 0 Å². The molecule has 2 heterocycles. The van der Waals surface area contributed by atoms with Crippen molar-refractivity contribution in [1.29, 1.82) is 0 Å². The molecule has 1 saturated heterocycles. The first-order chi connectivity index (χ1) is 15.6. The minimum Gasteiger partial charge on any atom is -0.399 e. The van der Waals surface area contributed by atoms with Gasteiger partial charge in [0.05, 0.1) is 22.3 Å². The molecule has 2 aromatic carbocycles. The lowest BCUT2D eigenvalue weighted by atomic mass is 9.78. The molecule has 8 heteroatoms. The highest BCUT2D eigenvalue weighted by Crippen LogP contribution is 2.36. The molecule has 0 unspecified atom stereocenters. The van der Waals surface area contributed by atoms with Gasteiger partial charge in [-0.15, -0.1) is 0 Å². The fourth-order valence-corrected chi connectivity index (χ4v) is 3.69. The number of nitrogens with one attached hydrogen (secondary N) is 1. The molecular weight excluding hydrogens is 417 g/mol. The van der Waals surface area contributed by atoms with Crippen molar-refractivity contribution in [3.05, 3.63) is 71.9 Å². The smallest absolute Gasteiger partial charge is 0.399 e. The maximum absolute atomic E-state index is 12.8. The molecule has 33 heavy (non-hydrogen) atoms. The van der Waals surface area contributed by atoms with Gasteiger partial charge in [-0.1, -0.05) is 42.5 Å². The van der Waals surface area contributed by atoms with Crippen LogP contribution in [-0.2, 0) is 20.5 Å². The van der Waals surface area contributed by atoms with Gasteiger partial charge in [0.2, 0.25) is 5.91 Å². The molecule has 3 N–H and O–H groups in total. The van der Waals surface area contributed by atoms with Gasteiger partial charge < -0.3 is 20.4 Å². The van der Waals surface area contributed by atoms with Crippen LogP contribution >= 0.6 is 0 Å². The molecule has 7 nitrogen and oxygen atoms in total. The number of fused-ring (bicyclic) bond motifs is 1. The van der Waals surface area contributed by atoms with Gasteiger partial charge in [-0.25, -0.2) is 0 Å². The van der Waals surface area contributed by atoms with Gasteiger partial charge in [0.25, 0.3) is 5.91 Å². The second kappa shape index (κ2) is 8.61. The number of hydrogen-bond acceptors (Lipinski definition) is 5. The number of carbonyl (C=O) groups is 2. The van der Waals surface area contributed by atoms with Crippen molar-refractivity contribution in [1.82, 2.24) is 10.3 Å². The molecule has 1 aliphatic rings. The Labute approximate surface area is 193 Å². The molecule has 0 spiro atoms. The first-order valence-corrected chi connectivity index (χ1v) is 11.0. The topological polar surface area (TPSA) is 104 Å². The lowest BCUT2D eigenvalue weighted by Crippen LogP contribution is -2.46. The number of amides is 2. The van der Waals surface area contributed by atoms with Gasteiger partial charge in [0, 0.05) is 18.0 Å². The van der Waals surface area contributed by atoms with E-state index in [0.717, 1.165) is 21.9 Å². The highest BCUT2D eigenvalue weighted by Gasteiger charge is 2.51. The van der Waals surface area contributed by atoms with E-state index in [2.05, 4.69) is 10.3 Å². The molecule has 0 bridgehead atoms. The lowest BCUT2D eigenvalue weighted by Gasteiger charge is -2.32. The number of aromatic nitrogens is 1. The third-order valence-electron chi connectivity index (χ3n) is 6.45. The largest absolute Gasteiger partial charge is 0.494 e. The van der Waals surface area contributed by atoms with E-state index in [0.29, 0.717) is 5.56 Å². The van der Waals surface area contributed by atoms with Crippen LogP contribution in [0.1, 0.15) is 43.6 Å². The van der Waals surface area contributed by atoms with Gasteiger partial charge in [0.1, 0.15) is 6.04 Å². The molecule has 1 fully saturated rings. The van der Waals surface area contributed by atoms with Crippen molar-refractivity contribution in [3.8, 4) is 0 Å². The van der Waals surface area contributed by atoms with Crippen molar-refractivity contribution >= 4 is 35.3 Å². The molecule has 3 aromatic rings. The summed E-state index contributed by atoms with van der Waals surface area (Å²) in [5.74, 6) is -1.00. The third kappa shape index (κ3) is 4.77.